The highest BCUT2D eigenvalue weighted by molar-refractivity contribution is 5.34. The highest BCUT2D eigenvalue weighted by Gasteiger charge is 2.21. The number of ether oxygens (including phenoxy) is 2. The van der Waals surface area contributed by atoms with Gasteiger partial charge in [0.1, 0.15) is 30.4 Å². The van der Waals surface area contributed by atoms with Crippen LogP contribution in [0, 0.1) is 5.82 Å². The number of fused-ring (bicyclic) bond motifs is 1. The van der Waals surface area contributed by atoms with Gasteiger partial charge in [-0.1, -0.05) is 0 Å². The van der Waals surface area contributed by atoms with Gasteiger partial charge in [-0.15, -0.1) is 0 Å². The first kappa shape index (κ1) is 12.9. The van der Waals surface area contributed by atoms with Crippen molar-refractivity contribution >= 4 is 0 Å². The van der Waals surface area contributed by atoms with E-state index in [0.717, 1.165) is 30.2 Å². The Kier molecular flexibility index (Phi) is 3.56. The molecular formula is C16H17FNO2+. The van der Waals surface area contributed by atoms with Crippen LogP contribution in [0.4, 0.5) is 4.39 Å². The molecule has 3 nitrogen and oxygen atoms in total. The fraction of sp³-hybridized carbons (Fsp3) is 0.250. The van der Waals surface area contributed by atoms with Gasteiger partial charge in [-0.3, -0.25) is 4.90 Å². The predicted octanol–water partition coefficient (Wildman–Crippen LogP) is 1.77. The zero-order chi connectivity index (χ0) is 13.9. The summed E-state index contributed by atoms with van der Waals surface area (Å²) in [5.74, 6) is 1.44. The van der Waals surface area contributed by atoms with E-state index in [1.54, 1.807) is 19.2 Å². The van der Waals surface area contributed by atoms with Crippen molar-refractivity contribution in [1.82, 2.24) is 0 Å². The molecule has 0 aliphatic carbocycles. The molecule has 0 radical (unpaired) electrons. The summed E-state index contributed by atoms with van der Waals surface area (Å²) in [5.41, 5.74) is 2.14. The maximum Gasteiger partial charge on any atom is 0.222 e. The van der Waals surface area contributed by atoms with Crippen LogP contribution in [0.5, 0.6) is 11.5 Å². The van der Waals surface area contributed by atoms with Crippen LogP contribution in [0.3, 0.4) is 0 Å². The Bertz CT molecular complexity index is 598. The van der Waals surface area contributed by atoms with E-state index in [9.17, 15) is 4.39 Å². The Morgan fingerprint density at radius 2 is 2.00 bits per heavy atom. The minimum atomic E-state index is -0.210. The second-order valence-corrected chi connectivity index (χ2v) is 4.99. The Balaban J connectivity index is 1.70. The first-order valence-electron chi connectivity index (χ1n) is 6.62. The number of rotatable bonds is 3. The molecule has 1 N–H and O–H groups in total. The molecule has 0 aromatic heterocycles. The lowest BCUT2D eigenvalue weighted by atomic mass is 10.1. The van der Waals surface area contributed by atoms with E-state index in [4.69, 9.17) is 9.47 Å². The lowest BCUT2D eigenvalue weighted by molar-refractivity contribution is -0.945. The zero-order valence-corrected chi connectivity index (χ0v) is 11.4. The highest BCUT2D eigenvalue weighted by atomic mass is 19.1. The number of nitrogens with one attached hydrogen (secondary N) is 1. The molecule has 1 unspecified atom stereocenters. The molecule has 0 spiro atoms. The molecule has 1 aliphatic heterocycles. The first-order valence-corrected chi connectivity index (χ1v) is 6.62. The first-order chi connectivity index (χ1) is 9.74. The minimum absolute atomic E-state index is 0.210. The van der Waals surface area contributed by atoms with Gasteiger partial charge in [-0.05, 0) is 42.5 Å². The smallest absolute Gasteiger partial charge is 0.222 e. The Morgan fingerprint density at radius 3 is 2.75 bits per heavy atom. The number of quaternary nitrogens is 1. The van der Waals surface area contributed by atoms with Crippen LogP contribution in [-0.2, 0) is 13.1 Å². The lowest BCUT2D eigenvalue weighted by Crippen LogP contribution is -3.10. The molecule has 0 bridgehead atoms. The number of halogens is 1. The third-order valence-corrected chi connectivity index (χ3v) is 3.51. The molecule has 1 aliphatic rings. The summed E-state index contributed by atoms with van der Waals surface area (Å²) >= 11 is 0. The van der Waals surface area contributed by atoms with E-state index in [1.165, 1.54) is 16.5 Å². The maximum absolute atomic E-state index is 13.3. The third kappa shape index (κ3) is 2.75. The number of hydrogen-bond donors (Lipinski definition) is 1. The predicted molar refractivity (Wildman–Crippen MR) is 73.3 cm³/mol. The van der Waals surface area contributed by atoms with Crippen molar-refractivity contribution in [1.29, 1.82) is 0 Å². The van der Waals surface area contributed by atoms with Crippen molar-refractivity contribution < 1.29 is 18.8 Å². The zero-order valence-electron chi connectivity index (χ0n) is 11.4. The second kappa shape index (κ2) is 5.51. The van der Waals surface area contributed by atoms with Crippen molar-refractivity contribution in [2.45, 2.75) is 13.1 Å². The summed E-state index contributed by atoms with van der Waals surface area (Å²) in [6.07, 6.45) is 0. The number of hydrogen-bond acceptors (Lipinski definition) is 2. The number of benzene rings is 2. The van der Waals surface area contributed by atoms with E-state index >= 15 is 0 Å². The number of methoxy groups -OCH3 is 1. The third-order valence-electron chi connectivity index (χ3n) is 3.51. The van der Waals surface area contributed by atoms with E-state index in [2.05, 4.69) is 0 Å². The highest BCUT2D eigenvalue weighted by Crippen LogP contribution is 2.20. The van der Waals surface area contributed by atoms with Crippen LogP contribution >= 0.6 is 0 Å². The summed E-state index contributed by atoms with van der Waals surface area (Å²) in [6, 6.07) is 12.7. The Morgan fingerprint density at radius 1 is 1.20 bits per heavy atom. The molecular weight excluding hydrogens is 257 g/mol. The summed E-state index contributed by atoms with van der Waals surface area (Å²) in [7, 11) is 1.66. The van der Waals surface area contributed by atoms with Gasteiger partial charge in [0.15, 0.2) is 0 Å². The fourth-order valence-corrected chi connectivity index (χ4v) is 2.47. The van der Waals surface area contributed by atoms with E-state index < -0.39 is 0 Å². The fourth-order valence-electron chi connectivity index (χ4n) is 2.47. The molecule has 1 atom stereocenters. The van der Waals surface area contributed by atoms with Gasteiger partial charge in [-0.25, -0.2) is 4.39 Å². The molecule has 0 saturated carbocycles. The van der Waals surface area contributed by atoms with Gasteiger partial charge < -0.3 is 9.47 Å². The van der Waals surface area contributed by atoms with Crippen molar-refractivity contribution in [3.63, 3.8) is 0 Å². The Labute approximate surface area is 117 Å². The molecule has 2 aromatic carbocycles. The molecule has 4 heteroatoms. The van der Waals surface area contributed by atoms with Gasteiger partial charge in [0, 0.05) is 5.56 Å². The lowest BCUT2D eigenvalue weighted by Gasteiger charge is -2.26. The van der Waals surface area contributed by atoms with E-state index in [1.807, 2.05) is 24.3 Å². The van der Waals surface area contributed by atoms with E-state index in [-0.39, 0.29) is 5.82 Å². The van der Waals surface area contributed by atoms with Crippen molar-refractivity contribution in [2.24, 2.45) is 0 Å². The van der Waals surface area contributed by atoms with Crippen LogP contribution < -0.4 is 14.4 Å². The largest absolute Gasteiger partial charge is 0.497 e. The standard InChI is InChI=1S/C16H16FNO2/c1-19-15-5-2-12(3-6-15)9-18-10-13-8-14(17)4-7-16(13)20-11-18/h2-8H,9-11H2,1H3/p+1. The van der Waals surface area contributed by atoms with Crippen LogP contribution in [-0.4, -0.2) is 13.8 Å². The van der Waals surface area contributed by atoms with Crippen LogP contribution in [0.15, 0.2) is 42.5 Å². The van der Waals surface area contributed by atoms with Crippen LogP contribution in [0.25, 0.3) is 0 Å². The quantitative estimate of drug-likeness (QED) is 0.922. The van der Waals surface area contributed by atoms with Gasteiger partial charge >= 0.3 is 0 Å². The van der Waals surface area contributed by atoms with Crippen LogP contribution in [0.1, 0.15) is 11.1 Å². The van der Waals surface area contributed by atoms with E-state index in [0.29, 0.717) is 6.73 Å². The Hall–Kier alpha value is -2.07. The van der Waals surface area contributed by atoms with Gasteiger partial charge in [0.2, 0.25) is 6.73 Å². The maximum atomic E-state index is 13.3. The minimum Gasteiger partial charge on any atom is -0.497 e. The molecule has 0 saturated heterocycles. The second-order valence-electron chi connectivity index (χ2n) is 4.99. The summed E-state index contributed by atoms with van der Waals surface area (Å²) in [5, 5.41) is 0. The summed E-state index contributed by atoms with van der Waals surface area (Å²) < 4.78 is 24.1. The average Bonchev–Trinajstić information content (AvgIpc) is 2.47. The van der Waals surface area contributed by atoms with Gasteiger partial charge in [-0.2, -0.15) is 0 Å². The molecule has 3 rings (SSSR count). The molecule has 0 fully saturated rings. The summed E-state index contributed by atoms with van der Waals surface area (Å²) in [6.45, 7) is 2.23. The molecule has 1 heterocycles. The van der Waals surface area contributed by atoms with Gasteiger partial charge in [0.25, 0.3) is 0 Å². The average molecular weight is 274 g/mol. The van der Waals surface area contributed by atoms with Gasteiger partial charge in [0.05, 0.1) is 12.7 Å². The molecule has 0 amide bonds. The SMILES string of the molecule is COc1ccc(C[NH+]2COc3ccc(F)cc3C2)cc1. The molecule has 2 aromatic rings. The molecule has 20 heavy (non-hydrogen) atoms. The van der Waals surface area contributed by atoms with Crippen molar-refractivity contribution in [3.05, 3.63) is 59.4 Å². The monoisotopic (exact) mass is 274 g/mol. The topological polar surface area (TPSA) is 22.9 Å². The molecule has 104 valence electrons. The van der Waals surface area contributed by atoms with Crippen molar-refractivity contribution in [2.75, 3.05) is 13.8 Å². The summed E-state index contributed by atoms with van der Waals surface area (Å²) in [4.78, 5) is 1.26. The van der Waals surface area contributed by atoms with Crippen molar-refractivity contribution in [3.8, 4) is 11.5 Å². The normalized spacial score (nSPS) is 17.2. The van der Waals surface area contributed by atoms with Crippen LogP contribution in [0.2, 0.25) is 0 Å².